The first-order valence-electron chi connectivity index (χ1n) is 8.12. The standard InChI is InChI=1S/C18H29NO/c1-4-17(18(20)15-8-6-5-7-9-15)19(16-10-11-16)13-12-14(2)3/h5-9,14,16-18,20H,4,10-13H2,1-3H3. The fourth-order valence-electron chi connectivity index (χ4n) is 2.94. The molecule has 1 fully saturated rings. The van der Waals surface area contributed by atoms with Crippen molar-refractivity contribution in [1.82, 2.24) is 4.90 Å². The monoisotopic (exact) mass is 275 g/mol. The van der Waals surface area contributed by atoms with E-state index in [0.717, 1.165) is 24.4 Å². The predicted octanol–water partition coefficient (Wildman–Crippen LogP) is 4.01. The second kappa shape index (κ2) is 7.24. The quantitative estimate of drug-likeness (QED) is 0.775. The molecule has 2 nitrogen and oxygen atoms in total. The molecule has 1 N–H and O–H groups in total. The fraction of sp³-hybridized carbons (Fsp3) is 0.667. The Balaban J connectivity index is 2.07. The minimum atomic E-state index is -0.367. The molecule has 0 aromatic heterocycles. The summed E-state index contributed by atoms with van der Waals surface area (Å²) >= 11 is 0. The van der Waals surface area contributed by atoms with Gasteiger partial charge < -0.3 is 5.11 Å². The van der Waals surface area contributed by atoms with Crippen LogP contribution < -0.4 is 0 Å². The van der Waals surface area contributed by atoms with Gasteiger partial charge in [0, 0.05) is 12.1 Å². The zero-order valence-corrected chi connectivity index (χ0v) is 13.1. The Bertz CT molecular complexity index is 386. The molecule has 0 spiro atoms. The number of aliphatic hydroxyl groups is 1. The number of aliphatic hydroxyl groups excluding tert-OH is 1. The highest BCUT2D eigenvalue weighted by molar-refractivity contribution is 5.19. The van der Waals surface area contributed by atoms with Gasteiger partial charge >= 0.3 is 0 Å². The van der Waals surface area contributed by atoms with Crippen LogP contribution in [-0.4, -0.2) is 28.6 Å². The number of hydrogen-bond donors (Lipinski definition) is 1. The number of nitrogens with zero attached hydrogens (tertiary/aromatic N) is 1. The summed E-state index contributed by atoms with van der Waals surface area (Å²) in [5, 5.41) is 10.8. The van der Waals surface area contributed by atoms with Crippen molar-refractivity contribution in [1.29, 1.82) is 0 Å². The maximum atomic E-state index is 10.8. The first-order valence-corrected chi connectivity index (χ1v) is 8.12. The summed E-state index contributed by atoms with van der Waals surface area (Å²) in [7, 11) is 0. The Morgan fingerprint density at radius 1 is 1.20 bits per heavy atom. The van der Waals surface area contributed by atoms with Gasteiger partial charge in [0.2, 0.25) is 0 Å². The van der Waals surface area contributed by atoms with E-state index >= 15 is 0 Å². The van der Waals surface area contributed by atoms with Gasteiger partial charge in [-0.3, -0.25) is 4.90 Å². The van der Waals surface area contributed by atoms with Crippen molar-refractivity contribution in [2.24, 2.45) is 5.92 Å². The largest absolute Gasteiger partial charge is 0.387 e. The fourth-order valence-corrected chi connectivity index (χ4v) is 2.94. The van der Waals surface area contributed by atoms with Crippen molar-refractivity contribution in [3.63, 3.8) is 0 Å². The van der Waals surface area contributed by atoms with E-state index in [9.17, 15) is 5.11 Å². The van der Waals surface area contributed by atoms with Gasteiger partial charge in [-0.05, 0) is 43.7 Å². The molecule has 2 unspecified atom stereocenters. The number of benzene rings is 1. The Morgan fingerprint density at radius 3 is 2.35 bits per heavy atom. The molecule has 0 radical (unpaired) electrons. The SMILES string of the molecule is CCC(C(O)c1ccccc1)N(CCC(C)C)C1CC1. The van der Waals surface area contributed by atoms with Crippen LogP contribution in [0.1, 0.15) is 58.1 Å². The van der Waals surface area contributed by atoms with Crippen molar-refractivity contribution >= 4 is 0 Å². The molecule has 1 aromatic rings. The van der Waals surface area contributed by atoms with E-state index in [1.54, 1.807) is 0 Å². The van der Waals surface area contributed by atoms with Gasteiger partial charge in [-0.2, -0.15) is 0 Å². The van der Waals surface area contributed by atoms with Gasteiger partial charge in [-0.25, -0.2) is 0 Å². The van der Waals surface area contributed by atoms with E-state index < -0.39 is 0 Å². The average Bonchev–Trinajstić information content (AvgIpc) is 3.28. The van der Waals surface area contributed by atoms with E-state index in [1.807, 2.05) is 30.3 Å². The maximum Gasteiger partial charge on any atom is 0.0945 e. The summed E-state index contributed by atoms with van der Waals surface area (Å²) < 4.78 is 0. The van der Waals surface area contributed by atoms with E-state index in [1.165, 1.54) is 19.3 Å². The third kappa shape index (κ3) is 4.07. The third-order valence-electron chi connectivity index (χ3n) is 4.33. The smallest absolute Gasteiger partial charge is 0.0945 e. The van der Waals surface area contributed by atoms with Crippen LogP contribution in [0.4, 0.5) is 0 Å². The molecule has 2 rings (SSSR count). The third-order valence-corrected chi connectivity index (χ3v) is 4.33. The molecule has 0 saturated heterocycles. The predicted molar refractivity (Wildman–Crippen MR) is 84.7 cm³/mol. The van der Waals surface area contributed by atoms with Crippen molar-refractivity contribution < 1.29 is 5.11 Å². The Hall–Kier alpha value is -0.860. The Labute approximate surface area is 123 Å². The van der Waals surface area contributed by atoms with Crippen LogP contribution in [0.15, 0.2) is 30.3 Å². The van der Waals surface area contributed by atoms with Gasteiger partial charge in [0.1, 0.15) is 0 Å². The lowest BCUT2D eigenvalue weighted by molar-refractivity contribution is 0.0380. The van der Waals surface area contributed by atoms with Crippen LogP contribution in [0.2, 0.25) is 0 Å². The van der Waals surface area contributed by atoms with Crippen LogP contribution >= 0.6 is 0 Å². The van der Waals surface area contributed by atoms with Crippen molar-refractivity contribution in [3.8, 4) is 0 Å². The summed E-state index contributed by atoms with van der Waals surface area (Å²) in [6.45, 7) is 7.87. The molecular weight excluding hydrogens is 246 g/mol. The first-order chi connectivity index (χ1) is 9.63. The highest BCUT2D eigenvalue weighted by Gasteiger charge is 2.36. The molecule has 0 heterocycles. The summed E-state index contributed by atoms with van der Waals surface area (Å²) in [5.74, 6) is 0.725. The molecule has 2 atom stereocenters. The molecule has 112 valence electrons. The van der Waals surface area contributed by atoms with E-state index in [4.69, 9.17) is 0 Å². The molecule has 1 aliphatic carbocycles. The highest BCUT2D eigenvalue weighted by atomic mass is 16.3. The van der Waals surface area contributed by atoms with Crippen LogP contribution in [0.3, 0.4) is 0 Å². The molecule has 1 aliphatic rings. The molecule has 0 aliphatic heterocycles. The van der Waals surface area contributed by atoms with Gasteiger partial charge in [0.15, 0.2) is 0 Å². The van der Waals surface area contributed by atoms with Crippen molar-refractivity contribution in [2.75, 3.05) is 6.54 Å². The minimum absolute atomic E-state index is 0.253. The molecular formula is C18H29NO. The Kier molecular flexibility index (Phi) is 5.62. The second-order valence-electron chi connectivity index (χ2n) is 6.48. The molecule has 20 heavy (non-hydrogen) atoms. The maximum absolute atomic E-state index is 10.8. The minimum Gasteiger partial charge on any atom is -0.387 e. The number of rotatable bonds is 8. The second-order valence-corrected chi connectivity index (χ2v) is 6.48. The lowest BCUT2D eigenvalue weighted by atomic mass is 9.97. The van der Waals surface area contributed by atoms with Crippen LogP contribution in [-0.2, 0) is 0 Å². The Morgan fingerprint density at radius 2 is 1.85 bits per heavy atom. The lowest BCUT2D eigenvalue weighted by Gasteiger charge is -2.35. The van der Waals surface area contributed by atoms with Gasteiger partial charge in [0.05, 0.1) is 6.10 Å². The van der Waals surface area contributed by atoms with Gasteiger partial charge in [0.25, 0.3) is 0 Å². The summed E-state index contributed by atoms with van der Waals surface area (Å²) in [6.07, 6.45) is 4.46. The normalized spacial score (nSPS) is 18.5. The van der Waals surface area contributed by atoms with E-state index in [0.29, 0.717) is 6.04 Å². The zero-order valence-electron chi connectivity index (χ0n) is 13.1. The average molecular weight is 275 g/mol. The molecule has 0 amide bonds. The zero-order chi connectivity index (χ0) is 14.5. The van der Waals surface area contributed by atoms with Gasteiger partial charge in [-0.1, -0.05) is 51.1 Å². The van der Waals surface area contributed by atoms with E-state index in [-0.39, 0.29) is 12.1 Å². The molecule has 1 aromatic carbocycles. The molecule has 2 heteroatoms. The first kappa shape index (κ1) is 15.5. The van der Waals surface area contributed by atoms with Crippen LogP contribution in [0.25, 0.3) is 0 Å². The molecule has 1 saturated carbocycles. The van der Waals surface area contributed by atoms with E-state index in [2.05, 4.69) is 25.7 Å². The molecule has 0 bridgehead atoms. The van der Waals surface area contributed by atoms with Crippen LogP contribution in [0.5, 0.6) is 0 Å². The van der Waals surface area contributed by atoms with Gasteiger partial charge in [-0.15, -0.1) is 0 Å². The number of hydrogen-bond acceptors (Lipinski definition) is 2. The summed E-state index contributed by atoms with van der Waals surface area (Å²) in [4.78, 5) is 2.57. The lowest BCUT2D eigenvalue weighted by Crippen LogP contribution is -2.42. The van der Waals surface area contributed by atoms with Crippen molar-refractivity contribution in [2.45, 2.75) is 64.6 Å². The summed E-state index contributed by atoms with van der Waals surface area (Å²) in [5.41, 5.74) is 1.05. The van der Waals surface area contributed by atoms with Crippen molar-refractivity contribution in [3.05, 3.63) is 35.9 Å². The van der Waals surface area contributed by atoms with Crippen LogP contribution in [0, 0.1) is 5.92 Å². The topological polar surface area (TPSA) is 23.5 Å². The summed E-state index contributed by atoms with van der Waals surface area (Å²) in [6, 6.07) is 11.1. The highest BCUT2D eigenvalue weighted by Crippen LogP contribution is 2.34.